The minimum absolute atomic E-state index is 0.00701. The first-order valence-corrected chi connectivity index (χ1v) is 6.54. The van der Waals surface area contributed by atoms with Gasteiger partial charge in [-0.1, -0.05) is 23.7 Å². The number of rotatable bonds is 2. The second kappa shape index (κ2) is 5.67. The van der Waals surface area contributed by atoms with E-state index in [9.17, 15) is 9.18 Å². The zero-order valence-electron chi connectivity index (χ0n) is 9.08. The molecule has 0 bridgehead atoms. The average molecular weight is 376 g/mol. The third kappa shape index (κ3) is 3.00. The Morgan fingerprint density at radius 3 is 2.67 bits per heavy atom. The monoisotopic (exact) mass is 375 g/mol. The van der Waals surface area contributed by atoms with E-state index >= 15 is 0 Å². The van der Waals surface area contributed by atoms with Crippen LogP contribution in [0.3, 0.4) is 0 Å². The maximum Gasteiger partial charge on any atom is 0.258 e. The van der Waals surface area contributed by atoms with Crippen molar-refractivity contribution in [3.8, 4) is 0 Å². The van der Waals surface area contributed by atoms with E-state index in [2.05, 4.69) is 27.9 Å². The molecule has 0 aromatic heterocycles. The molecule has 18 heavy (non-hydrogen) atoms. The summed E-state index contributed by atoms with van der Waals surface area (Å²) in [5.41, 5.74) is 0.462. The molecule has 0 fully saturated rings. The SMILES string of the molecule is O=C(Nc1cc(I)ccc1Cl)c1ccccc1F. The highest BCUT2D eigenvalue weighted by Crippen LogP contribution is 2.24. The van der Waals surface area contributed by atoms with Crippen molar-refractivity contribution in [2.75, 3.05) is 5.32 Å². The van der Waals surface area contributed by atoms with Gasteiger partial charge in [0.2, 0.25) is 0 Å². The Morgan fingerprint density at radius 2 is 1.94 bits per heavy atom. The quantitative estimate of drug-likeness (QED) is 0.778. The van der Waals surface area contributed by atoms with Crippen molar-refractivity contribution in [3.05, 3.63) is 62.4 Å². The average Bonchev–Trinajstić information content (AvgIpc) is 2.34. The van der Waals surface area contributed by atoms with Gasteiger partial charge in [-0.05, 0) is 52.9 Å². The fraction of sp³-hybridized carbons (Fsp3) is 0. The molecule has 2 nitrogen and oxygen atoms in total. The number of anilines is 1. The highest BCUT2D eigenvalue weighted by molar-refractivity contribution is 14.1. The van der Waals surface area contributed by atoms with Crippen LogP contribution in [0.25, 0.3) is 0 Å². The minimum Gasteiger partial charge on any atom is -0.321 e. The van der Waals surface area contributed by atoms with Gasteiger partial charge in [-0.3, -0.25) is 4.79 Å². The van der Waals surface area contributed by atoms with Gasteiger partial charge in [-0.15, -0.1) is 0 Å². The maximum atomic E-state index is 13.4. The highest BCUT2D eigenvalue weighted by Gasteiger charge is 2.12. The maximum absolute atomic E-state index is 13.4. The number of hydrogen-bond donors (Lipinski definition) is 1. The minimum atomic E-state index is -0.559. The summed E-state index contributed by atoms with van der Waals surface area (Å²) in [5.74, 6) is -1.08. The molecule has 0 aliphatic heterocycles. The van der Waals surface area contributed by atoms with Crippen molar-refractivity contribution in [2.45, 2.75) is 0 Å². The molecule has 92 valence electrons. The zero-order valence-corrected chi connectivity index (χ0v) is 12.0. The van der Waals surface area contributed by atoms with Gasteiger partial charge in [-0.25, -0.2) is 4.39 Å². The van der Waals surface area contributed by atoms with E-state index in [1.807, 2.05) is 6.07 Å². The molecule has 0 atom stereocenters. The summed E-state index contributed by atoms with van der Waals surface area (Å²) in [6, 6.07) is 11.0. The van der Waals surface area contributed by atoms with Crippen LogP contribution in [0.2, 0.25) is 5.02 Å². The Morgan fingerprint density at radius 1 is 1.22 bits per heavy atom. The number of nitrogens with one attached hydrogen (secondary N) is 1. The van der Waals surface area contributed by atoms with E-state index in [-0.39, 0.29) is 5.56 Å². The molecule has 1 amide bonds. The van der Waals surface area contributed by atoms with E-state index < -0.39 is 11.7 Å². The Hall–Kier alpha value is -1.14. The van der Waals surface area contributed by atoms with Crippen LogP contribution in [0.15, 0.2) is 42.5 Å². The third-order valence-corrected chi connectivity index (χ3v) is 3.30. The lowest BCUT2D eigenvalue weighted by Crippen LogP contribution is -2.14. The topological polar surface area (TPSA) is 29.1 Å². The number of halogens is 3. The summed E-state index contributed by atoms with van der Waals surface area (Å²) in [6.07, 6.45) is 0. The predicted octanol–water partition coefficient (Wildman–Crippen LogP) is 4.34. The van der Waals surface area contributed by atoms with Crippen LogP contribution in [0.4, 0.5) is 10.1 Å². The lowest BCUT2D eigenvalue weighted by Gasteiger charge is -2.08. The molecule has 5 heteroatoms. The fourth-order valence-electron chi connectivity index (χ4n) is 1.43. The third-order valence-electron chi connectivity index (χ3n) is 2.30. The first kappa shape index (κ1) is 13.3. The van der Waals surface area contributed by atoms with Crippen LogP contribution in [-0.2, 0) is 0 Å². The Labute approximate surface area is 122 Å². The highest BCUT2D eigenvalue weighted by atomic mass is 127. The Bertz CT molecular complexity index is 603. The molecule has 0 heterocycles. The smallest absolute Gasteiger partial charge is 0.258 e. The van der Waals surface area contributed by atoms with Gasteiger partial charge in [0.25, 0.3) is 5.91 Å². The van der Waals surface area contributed by atoms with Crippen molar-refractivity contribution < 1.29 is 9.18 Å². The molecule has 0 saturated carbocycles. The molecule has 0 radical (unpaired) electrons. The lowest BCUT2D eigenvalue weighted by atomic mass is 10.2. The molecule has 0 aliphatic carbocycles. The Kier molecular flexibility index (Phi) is 4.19. The van der Waals surface area contributed by atoms with Gasteiger partial charge in [-0.2, -0.15) is 0 Å². The van der Waals surface area contributed by atoms with E-state index in [0.29, 0.717) is 10.7 Å². The molecule has 2 aromatic carbocycles. The number of carbonyl (C=O) groups excluding carboxylic acids is 1. The molecule has 0 unspecified atom stereocenters. The van der Waals surface area contributed by atoms with E-state index in [1.54, 1.807) is 18.2 Å². The summed E-state index contributed by atoms with van der Waals surface area (Å²) >= 11 is 8.06. The summed E-state index contributed by atoms with van der Waals surface area (Å²) in [4.78, 5) is 11.9. The van der Waals surface area contributed by atoms with Crippen LogP contribution >= 0.6 is 34.2 Å². The molecular formula is C13H8ClFINO. The van der Waals surface area contributed by atoms with Crippen LogP contribution in [0.5, 0.6) is 0 Å². The normalized spacial score (nSPS) is 10.2. The lowest BCUT2D eigenvalue weighted by molar-refractivity contribution is 0.102. The van der Waals surface area contributed by atoms with E-state index in [0.717, 1.165) is 3.57 Å². The fourth-order valence-corrected chi connectivity index (χ4v) is 2.08. The molecule has 2 aromatic rings. The van der Waals surface area contributed by atoms with Crippen molar-refractivity contribution in [2.24, 2.45) is 0 Å². The predicted molar refractivity (Wildman–Crippen MR) is 78.5 cm³/mol. The molecule has 0 saturated heterocycles. The van der Waals surface area contributed by atoms with Crippen LogP contribution < -0.4 is 5.32 Å². The summed E-state index contributed by atoms with van der Waals surface area (Å²) in [6.45, 7) is 0. The number of benzene rings is 2. The second-order valence-corrected chi connectivity index (χ2v) is 5.21. The van der Waals surface area contributed by atoms with Crippen LogP contribution in [0.1, 0.15) is 10.4 Å². The van der Waals surface area contributed by atoms with Crippen molar-refractivity contribution in [1.29, 1.82) is 0 Å². The molecule has 0 spiro atoms. The van der Waals surface area contributed by atoms with Gasteiger partial charge in [0.1, 0.15) is 5.82 Å². The summed E-state index contributed by atoms with van der Waals surface area (Å²) in [5, 5.41) is 3.01. The summed E-state index contributed by atoms with van der Waals surface area (Å²) in [7, 11) is 0. The van der Waals surface area contributed by atoms with E-state index in [1.165, 1.54) is 18.2 Å². The molecule has 2 rings (SSSR count). The van der Waals surface area contributed by atoms with Crippen molar-refractivity contribution in [1.82, 2.24) is 0 Å². The van der Waals surface area contributed by atoms with Crippen molar-refractivity contribution >= 4 is 45.8 Å². The van der Waals surface area contributed by atoms with Crippen molar-refractivity contribution in [3.63, 3.8) is 0 Å². The number of carbonyl (C=O) groups is 1. The molecule has 1 N–H and O–H groups in total. The van der Waals surface area contributed by atoms with Gasteiger partial charge in [0, 0.05) is 3.57 Å². The van der Waals surface area contributed by atoms with Gasteiger partial charge in [0.05, 0.1) is 16.3 Å². The Balaban J connectivity index is 2.27. The number of amides is 1. The number of hydrogen-bond acceptors (Lipinski definition) is 1. The zero-order chi connectivity index (χ0) is 13.1. The largest absolute Gasteiger partial charge is 0.321 e. The summed E-state index contributed by atoms with van der Waals surface area (Å²) < 4.78 is 14.4. The molecular weight excluding hydrogens is 368 g/mol. The van der Waals surface area contributed by atoms with Gasteiger partial charge < -0.3 is 5.32 Å². The van der Waals surface area contributed by atoms with Crippen LogP contribution in [0, 0.1) is 9.39 Å². The van der Waals surface area contributed by atoms with E-state index in [4.69, 9.17) is 11.6 Å². The molecule has 0 aliphatic rings. The first-order chi connectivity index (χ1) is 8.58. The van der Waals surface area contributed by atoms with Gasteiger partial charge in [0.15, 0.2) is 0 Å². The van der Waals surface area contributed by atoms with Crippen LogP contribution in [-0.4, -0.2) is 5.91 Å². The second-order valence-electron chi connectivity index (χ2n) is 3.56. The first-order valence-electron chi connectivity index (χ1n) is 5.09. The van der Waals surface area contributed by atoms with Gasteiger partial charge >= 0.3 is 0 Å². The standard InChI is InChI=1S/C13H8ClFINO/c14-10-6-5-8(16)7-12(10)17-13(18)9-3-1-2-4-11(9)15/h1-7H,(H,17,18).